The minimum absolute atomic E-state index is 0.129. The van der Waals surface area contributed by atoms with Crippen LogP contribution in [0.5, 0.6) is 11.5 Å². The van der Waals surface area contributed by atoms with Gasteiger partial charge in [0, 0.05) is 16.8 Å². The zero-order valence-electron chi connectivity index (χ0n) is 15.3. The molecule has 0 unspecified atom stereocenters. The van der Waals surface area contributed by atoms with Crippen LogP contribution < -0.4 is 19.7 Å². The average molecular weight is 428 g/mol. The molecule has 3 aliphatic heterocycles. The first-order chi connectivity index (χ1) is 14.5. The molecule has 1 fully saturated rings. The third kappa shape index (κ3) is 3.01. The van der Waals surface area contributed by atoms with Crippen molar-refractivity contribution in [1.29, 1.82) is 0 Å². The number of rotatable bonds is 4. The first-order valence-electron chi connectivity index (χ1n) is 9.01. The van der Waals surface area contributed by atoms with Gasteiger partial charge < -0.3 is 14.8 Å². The molecule has 3 heterocycles. The number of benzene rings is 2. The number of anilines is 2. The van der Waals surface area contributed by atoms with Gasteiger partial charge in [-0.05, 0) is 36.4 Å². The summed E-state index contributed by atoms with van der Waals surface area (Å²) in [5, 5.41) is 12.2. The average Bonchev–Trinajstić information content (AvgIpc) is 3.41. The predicted molar refractivity (Wildman–Crippen MR) is 104 cm³/mol. The number of nitrogens with zero attached hydrogens (tertiary/aromatic N) is 4. The van der Waals surface area contributed by atoms with Crippen molar-refractivity contribution in [3.8, 4) is 11.5 Å². The second-order valence-corrected chi connectivity index (χ2v) is 7.23. The maximum atomic E-state index is 12.9. The van der Waals surface area contributed by atoms with Gasteiger partial charge in [0.2, 0.25) is 12.7 Å². The second-order valence-electron chi connectivity index (χ2n) is 6.80. The predicted octanol–water partition coefficient (Wildman–Crippen LogP) is 2.00. The molecule has 30 heavy (non-hydrogen) atoms. The molecule has 0 bridgehead atoms. The lowest BCUT2D eigenvalue weighted by molar-refractivity contribution is -0.123. The van der Waals surface area contributed by atoms with Crippen LogP contribution in [0.1, 0.15) is 0 Å². The Morgan fingerprint density at radius 3 is 2.67 bits per heavy atom. The van der Waals surface area contributed by atoms with Crippen molar-refractivity contribution < 1.29 is 23.9 Å². The van der Waals surface area contributed by atoms with Crippen molar-refractivity contribution in [1.82, 2.24) is 5.01 Å². The molecule has 0 aliphatic carbocycles. The highest BCUT2D eigenvalue weighted by atomic mass is 35.5. The van der Waals surface area contributed by atoms with E-state index in [2.05, 4.69) is 15.7 Å². The fourth-order valence-electron chi connectivity index (χ4n) is 3.52. The van der Waals surface area contributed by atoms with Gasteiger partial charge in [0.1, 0.15) is 6.54 Å². The summed E-state index contributed by atoms with van der Waals surface area (Å²) in [5.74, 6) is -0.271. The van der Waals surface area contributed by atoms with Crippen molar-refractivity contribution in [3.05, 3.63) is 47.5 Å². The van der Waals surface area contributed by atoms with E-state index in [0.717, 1.165) is 4.90 Å². The summed E-state index contributed by atoms with van der Waals surface area (Å²) in [6.45, 7) is -0.114. The number of halogens is 1. The first-order valence-corrected chi connectivity index (χ1v) is 9.39. The molecular weight excluding hydrogens is 414 g/mol. The molecule has 2 atom stereocenters. The van der Waals surface area contributed by atoms with E-state index >= 15 is 0 Å². The third-order valence-electron chi connectivity index (χ3n) is 4.90. The zero-order valence-corrected chi connectivity index (χ0v) is 16.1. The monoisotopic (exact) mass is 427 g/mol. The number of hydrogen-bond acceptors (Lipinski definition) is 8. The molecule has 1 saturated heterocycles. The van der Waals surface area contributed by atoms with E-state index in [1.165, 1.54) is 5.01 Å². The third-order valence-corrected chi connectivity index (χ3v) is 5.16. The van der Waals surface area contributed by atoms with Crippen LogP contribution in [-0.2, 0) is 14.4 Å². The molecule has 11 heteroatoms. The highest BCUT2D eigenvalue weighted by Gasteiger charge is 2.55. The van der Waals surface area contributed by atoms with E-state index < -0.39 is 29.8 Å². The highest BCUT2D eigenvalue weighted by Crippen LogP contribution is 2.35. The quantitative estimate of drug-likeness (QED) is 0.747. The first kappa shape index (κ1) is 18.4. The SMILES string of the molecule is O=C(CN1N=N[C@@H]2C(=O)N(c3ccc(Cl)cc3)C(=O)[C@@H]21)Nc1ccc2c(c1)OCO2. The normalized spacial score (nSPS) is 21.4. The van der Waals surface area contributed by atoms with Gasteiger partial charge in [0.15, 0.2) is 23.6 Å². The van der Waals surface area contributed by atoms with E-state index in [1.807, 2.05) is 0 Å². The van der Waals surface area contributed by atoms with Crippen LogP contribution in [-0.4, -0.2) is 48.2 Å². The lowest BCUT2D eigenvalue weighted by Crippen LogP contribution is -2.43. The van der Waals surface area contributed by atoms with E-state index in [4.69, 9.17) is 21.1 Å². The largest absolute Gasteiger partial charge is 0.454 e. The Hall–Kier alpha value is -3.66. The molecule has 10 nitrogen and oxygen atoms in total. The minimum Gasteiger partial charge on any atom is -0.454 e. The Morgan fingerprint density at radius 2 is 1.87 bits per heavy atom. The lowest BCUT2D eigenvalue weighted by atomic mass is 10.1. The number of nitrogens with one attached hydrogen (secondary N) is 1. The van der Waals surface area contributed by atoms with Crippen molar-refractivity contribution in [2.24, 2.45) is 10.3 Å². The molecule has 0 radical (unpaired) electrons. The topological polar surface area (TPSA) is 113 Å². The van der Waals surface area contributed by atoms with Crippen LogP contribution >= 0.6 is 11.6 Å². The van der Waals surface area contributed by atoms with Crippen LogP contribution in [0.2, 0.25) is 5.02 Å². The molecule has 2 aromatic carbocycles. The highest BCUT2D eigenvalue weighted by molar-refractivity contribution is 6.31. The molecule has 152 valence electrons. The fourth-order valence-corrected chi connectivity index (χ4v) is 3.65. The summed E-state index contributed by atoms with van der Waals surface area (Å²) in [6.07, 6.45) is 0. The number of amides is 3. The van der Waals surface area contributed by atoms with Crippen molar-refractivity contribution in [2.45, 2.75) is 12.1 Å². The smallest absolute Gasteiger partial charge is 0.263 e. The molecule has 2 aromatic rings. The summed E-state index contributed by atoms with van der Waals surface area (Å²) in [5.41, 5.74) is 0.900. The maximum Gasteiger partial charge on any atom is 0.263 e. The van der Waals surface area contributed by atoms with Crippen LogP contribution in [0.3, 0.4) is 0 Å². The van der Waals surface area contributed by atoms with Crippen molar-refractivity contribution in [3.63, 3.8) is 0 Å². The summed E-state index contributed by atoms with van der Waals surface area (Å²) in [7, 11) is 0. The zero-order chi connectivity index (χ0) is 20.8. The molecule has 0 aromatic heterocycles. The number of imide groups is 1. The summed E-state index contributed by atoms with van der Waals surface area (Å²) >= 11 is 5.88. The molecule has 0 saturated carbocycles. The molecule has 3 aliphatic rings. The Bertz CT molecular complexity index is 1090. The summed E-state index contributed by atoms with van der Waals surface area (Å²) in [4.78, 5) is 39.1. The number of carbonyl (C=O) groups is 3. The number of carbonyl (C=O) groups excluding carboxylic acids is 3. The van der Waals surface area contributed by atoms with Gasteiger partial charge >= 0.3 is 0 Å². The Morgan fingerprint density at radius 1 is 1.10 bits per heavy atom. The summed E-state index contributed by atoms with van der Waals surface area (Å²) in [6, 6.07) is 9.38. The van der Waals surface area contributed by atoms with E-state index in [9.17, 15) is 14.4 Å². The fraction of sp³-hybridized carbons (Fsp3) is 0.211. The van der Waals surface area contributed by atoms with E-state index in [0.29, 0.717) is 27.9 Å². The van der Waals surface area contributed by atoms with Crippen LogP contribution in [0, 0.1) is 0 Å². The minimum atomic E-state index is -0.980. The molecular formula is C19H14ClN5O5. The van der Waals surface area contributed by atoms with Gasteiger partial charge in [0.25, 0.3) is 11.8 Å². The van der Waals surface area contributed by atoms with Gasteiger partial charge in [-0.2, -0.15) is 5.11 Å². The number of ether oxygens (including phenoxy) is 2. The van der Waals surface area contributed by atoms with Crippen LogP contribution in [0.25, 0.3) is 0 Å². The maximum absolute atomic E-state index is 12.9. The lowest BCUT2D eigenvalue weighted by Gasteiger charge is -2.20. The van der Waals surface area contributed by atoms with Crippen LogP contribution in [0.15, 0.2) is 52.8 Å². The molecule has 5 rings (SSSR count). The molecule has 0 spiro atoms. The van der Waals surface area contributed by atoms with E-state index in [-0.39, 0.29) is 13.3 Å². The standard InChI is InChI=1S/C19H14ClN5O5/c20-10-1-4-12(5-2-10)25-18(27)16-17(19(25)28)24(23-22-16)8-15(26)21-11-3-6-13-14(7-11)30-9-29-13/h1-7,16-17H,8-9H2,(H,21,26)/t16-,17+/m0/s1. The van der Waals surface area contributed by atoms with Gasteiger partial charge in [-0.3, -0.25) is 19.4 Å². The van der Waals surface area contributed by atoms with Crippen molar-refractivity contribution >= 4 is 40.7 Å². The van der Waals surface area contributed by atoms with E-state index in [1.54, 1.807) is 42.5 Å². The Balaban J connectivity index is 1.29. The van der Waals surface area contributed by atoms with Gasteiger partial charge in [0.05, 0.1) is 5.69 Å². The number of hydrogen-bond donors (Lipinski definition) is 1. The second kappa shape index (κ2) is 6.99. The number of fused-ring (bicyclic) bond motifs is 2. The summed E-state index contributed by atoms with van der Waals surface area (Å²) < 4.78 is 10.5. The van der Waals surface area contributed by atoms with Gasteiger partial charge in [-0.1, -0.05) is 16.8 Å². The molecule has 3 amide bonds. The Labute approximate surface area is 175 Å². The van der Waals surface area contributed by atoms with Gasteiger partial charge in [-0.15, -0.1) is 0 Å². The Kier molecular flexibility index (Phi) is 4.28. The van der Waals surface area contributed by atoms with Crippen LogP contribution in [0.4, 0.5) is 11.4 Å². The van der Waals surface area contributed by atoms with Crippen molar-refractivity contribution in [2.75, 3.05) is 23.6 Å². The van der Waals surface area contributed by atoms with Gasteiger partial charge in [-0.25, -0.2) is 4.90 Å². The molecule has 1 N–H and O–H groups in total.